The fraction of sp³-hybridized carbons (Fsp3) is 0.214. The van der Waals surface area contributed by atoms with Gasteiger partial charge in [-0.15, -0.1) is 0 Å². The first-order valence-electron chi connectivity index (χ1n) is 5.42. The summed E-state index contributed by atoms with van der Waals surface area (Å²) in [6.45, 7) is 1.87. The van der Waals surface area contributed by atoms with Gasteiger partial charge in [0.15, 0.2) is 0 Å². The largest absolute Gasteiger partial charge is 0.469 e. The number of ether oxygens (including phenoxy) is 1. The Labute approximate surface area is 100 Å². The molecule has 0 spiro atoms. The lowest BCUT2D eigenvalue weighted by Crippen LogP contribution is -2.04. The highest BCUT2D eigenvalue weighted by Gasteiger charge is 2.14. The Morgan fingerprint density at radius 3 is 2.65 bits per heavy atom. The van der Waals surface area contributed by atoms with Gasteiger partial charge in [-0.05, 0) is 18.6 Å². The predicted molar refractivity (Wildman–Crippen MR) is 64.6 cm³/mol. The molecular weight excluding hydrogens is 216 g/mol. The number of methoxy groups -OCH3 is 1. The Morgan fingerprint density at radius 2 is 2.00 bits per heavy atom. The van der Waals surface area contributed by atoms with E-state index in [1.165, 1.54) is 7.11 Å². The number of hydrogen-bond acceptors (Lipinski definition) is 3. The second-order valence-electron chi connectivity index (χ2n) is 3.81. The fourth-order valence-electron chi connectivity index (χ4n) is 1.76. The first-order chi connectivity index (χ1) is 8.20. The molecule has 1 aromatic carbocycles. The van der Waals surface area contributed by atoms with Crippen molar-refractivity contribution < 1.29 is 13.9 Å². The lowest BCUT2D eigenvalue weighted by Gasteiger charge is -2.01. The number of benzene rings is 1. The van der Waals surface area contributed by atoms with E-state index >= 15 is 0 Å². The maximum absolute atomic E-state index is 11.3. The normalized spacial score (nSPS) is 10.2. The molecule has 0 saturated heterocycles. The summed E-state index contributed by atoms with van der Waals surface area (Å²) in [5.74, 6) is 1.15. The number of hydrogen-bond donors (Lipinski definition) is 0. The molecule has 0 aliphatic rings. The van der Waals surface area contributed by atoms with Gasteiger partial charge in [0, 0.05) is 5.56 Å². The van der Waals surface area contributed by atoms with E-state index in [0.717, 1.165) is 16.9 Å². The molecule has 0 saturated carbocycles. The van der Waals surface area contributed by atoms with Crippen LogP contribution in [0.4, 0.5) is 0 Å². The van der Waals surface area contributed by atoms with Crippen molar-refractivity contribution in [2.24, 2.45) is 0 Å². The van der Waals surface area contributed by atoms with Gasteiger partial charge in [-0.25, -0.2) is 0 Å². The van der Waals surface area contributed by atoms with E-state index in [-0.39, 0.29) is 12.4 Å². The lowest BCUT2D eigenvalue weighted by atomic mass is 10.0. The zero-order chi connectivity index (χ0) is 12.3. The van der Waals surface area contributed by atoms with E-state index in [1.54, 1.807) is 0 Å². The van der Waals surface area contributed by atoms with Crippen LogP contribution in [0.3, 0.4) is 0 Å². The first-order valence-corrected chi connectivity index (χ1v) is 5.42. The van der Waals surface area contributed by atoms with E-state index in [4.69, 9.17) is 4.42 Å². The molecular formula is C14H14O3. The van der Waals surface area contributed by atoms with Gasteiger partial charge < -0.3 is 9.15 Å². The zero-order valence-electron chi connectivity index (χ0n) is 9.90. The van der Waals surface area contributed by atoms with Gasteiger partial charge in [0.1, 0.15) is 17.9 Å². The SMILES string of the molecule is COC(=O)Cc1oc(C)cc1-c1ccccc1. The molecule has 2 rings (SSSR count). The van der Waals surface area contributed by atoms with E-state index in [1.807, 2.05) is 43.3 Å². The molecule has 17 heavy (non-hydrogen) atoms. The lowest BCUT2D eigenvalue weighted by molar-refractivity contribution is -0.140. The van der Waals surface area contributed by atoms with Crippen LogP contribution in [0.5, 0.6) is 0 Å². The van der Waals surface area contributed by atoms with Crippen LogP contribution in [0.25, 0.3) is 11.1 Å². The molecule has 0 aliphatic carbocycles. The molecule has 0 aliphatic heterocycles. The fourth-order valence-corrected chi connectivity index (χ4v) is 1.76. The van der Waals surface area contributed by atoms with Gasteiger partial charge in [0.05, 0.1) is 7.11 Å². The number of carbonyl (C=O) groups excluding carboxylic acids is 1. The van der Waals surface area contributed by atoms with Crippen LogP contribution in [-0.4, -0.2) is 13.1 Å². The Balaban J connectivity index is 2.37. The van der Waals surface area contributed by atoms with Crippen molar-refractivity contribution >= 4 is 5.97 Å². The summed E-state index contributed by atoms with van der Waals surface area (Å²) in [5, 5.41) is 0. The van der Waals surface area contributed by atoms with Crippen LogP contribution in [0.1, 0.15) is 11.5 Å². The van der Waals surface area contributed by atoms with Crippen molar-refractivity contribution in [2.75, 3.05) is 7.11 Å². The molecule has 0 atom stereocenters. The smallest absolute Gasteiger partial charge is 0.313 e. The molecule has 1 aromatic heterocycles. The first kappa shape index (κ1) is 11.5. The van der Waals surface area contributed by atoms with Crippen molar-refractivity contribution in [2.45, 2.75) is 13.3 Å². The summed E-state index contributed by atoms with van der Waals surface area (Å²) >= 11 is 0. The van der Waals surface area contributed by atoms with Crippen LogP contribution >= 0.6 is 0 Å². The van der Waals surface area contributed by atoms with Gasteiger partial charge in [-0.3, -0.25) is 4.79 Å². The summed E-state index contributed by atoms with van der Waals surface area (Å²) in [5.41, 5.74) is 2.00. The number of aryl methyl sites for hydroxylation is 1. The third kappa shape index (κ3) is 2.56. The molecule has 1 heterocycles. The Morgan fingerprint density at radius 1 is 1.29 bits per heavy atom. The van der Waals surface area contributed by atoms with E-state index in [2.05, 4.69) is 4.74 Å². The van der Waals surface area contributed by atoms with E-state index in [0.29, 0.717) is 5.76 Å². The quantitative estimate of drug-likeness (QED) is 0.761. The highest BCUT2D eigenvalue weighted by atomic mass is 16.5. The molecule has 0 unspecified atom stereocenters. The molecule has 0 fully saturated rings. The monoisotopic (exact) mass is 230 g/mol. The van der Waals surface area contributed by atoms with Crippen LogP contribution < -0.4 is 0 Å². The van der Waals surface area contributed by atoms with E-state index in [9.17, 15) is 4.79 Å². The van der Waals surface area contributed by atoms with Gasteiger partial charge in [-0.1, -0.05) is 30.3 Å². The topological polar surface area (TPSA) is 39.4 Å². The van der Waals surface area contributed by atoms with Gasteiger partial charge in [-0.2, -0.15) is 0 Å². The Hall–Kier alpha value is -2.03. The molecule has 0 amide bonds. The van der Waals surface area contributed by atoms with Crippen LogP contribution in [-0.2, 0) is 16.0 Å². The van der Waals surface area contributed by atoms with Gasteiger partial charge >= 0.3 is 5.97 Å². The number of esters is 1. The Bertz CT molecular complexity index is 512. The van der Waals surface area contributed by atoms with Crippen LogP contribution in [0.2, 0.25) is 0 Å². The van der Waals surface area contributed by atoms with Crippen molar-refractivity contribution in [3.05, 3.63) is 47.9 Å². The molecule has 2 aromatic rings. The van der Waals surface area contributed by atoms with Crippen LogP contribution in [0, 0.1) is 6.92 Å². The van der Waals surface area contributed by atoms with Gasteiger partial charge in [0.25, 0.3) is 0 Å². The minimum atomic E-state index is -0.295. The minimum absolute atomic E-state index is 0.161. The highest BCUT2D eigenvalue weighted by Crippen LogP contribution is 2.27. The predicted octanol–water partition coefficient (Wildman–Crippen LogP) is 2.97. The van der Waals surface area contributed by atoms with Crippen molar-refractivity contribution in [3.63, 3.8) is 0 Å². The molecule has 3 nitrogen and oxygen atoms in total. The minimum Gasteiger partial charge on any atom is -0.469 e. The molecule has 3 heteroatoms. The summed E-state index contributed by atoms with van der Waals surface area (Å²) in [7, 11) is 1.38. The molecule has 88 valence electrons. The summed E-state index contributed by atoms with van der Waals surface area (Å²) in [4.78, 5) is 11.3. The maximum Gasteiger partial charge on any atom is 0.313 e. The number of furan rings is 1. The summed E-state index contributed by atoms with van der Waals surface area (Å²) in [6, 6.07) is 11.8. The summed E-state index contributed by atoms with van der Waals surface area (Å²) in [6.07, 6.45) is 0.161. The third-order valence-electron chi connectivity index (χ3n) is 2.55. The highest BCUT2D eigenvalue weighted by molar-refractivity contribution is 5.76. The second-order valence-corrected chi connectivity index (χ2v) is 3.81. The summed E-state index contributed by atoms with van der Waals surface area (Å²) < 4.78 is 10.2. The average molecular weight is 230 g/mol. The van der Waals surface area contributed by atoms with E-state index < -0.39 is 0 Å². The number of carbonyl (C=O) groups is 1. The molecule has 0 N–H and O–H groups in total. The maximum atomic E-state index is 11.3. The second kappa shape index (κ2) is 4.87. The molecule has 0 radical (unpaired) electrons. The van der Waals surface area contributed by atoms with Crippen molar-refractivity contribution in [1.82, 2.24) is 0 Å². The van der Waals surface area contributed by atoms with Crippen molar-refractivity contribution in [1.29, 1.82) is 0 Å². The average Bonchev–Trinajstić information content (AvgIpc) is 2.71. The zero-order valence-corrected chi connectivity index (χ0v) is 9.90. The van der Waals surface area contributed by atoms with Crippen molar-refractivity contribution in [3.8, 4) is 11.1 Å². The third-order valence-corrected chi connectivity index (χ3v) is 2.55. The standard InChI is InChI=1S/C14H14O3/c1-10-8-12(11-6-4-3-5-7-11)13(17-10)9-14(15)16-2/h3-8H,9H2,1-2H3. The Kier molecular flexibility index (Phi) is 3.28. The van der Waals surface area contributed by atoms with Gasteiger partial charge in [0.2, 0.25) is 0 Å². The number of rotatable bonds is 3. The van der Waals surface area contributed by atoms with Crippen LogP contribution in [0.15, 0.2) is 40.8 Å². The molecule has 0 bridgehead atoms.